The summed E-state index contributed by atoms with van der Waals surface area (Å²) in [5.74, 6) is 0. The van der Waals surface area contributed by atoms with Crippen LogP contribution in [0, 0.1) is 0 Å². The second kappa shape index (κ2) is 4.80. The molecule has 1 aliphatic rings. The van der Waals surface area contributed by atoms with Crippen molar-refractivity contribution in [3.05, 3.63) is 53.3 Å². The van der Waals surface area contributed by atoms with Gasteiger partial charge >= 0.3 is 0 Å². The first-order chi connectivity index (χ1) is 9.15. The molecule has 2 aromatic rings. The third-order valence-electron chi connectivity index (χ3n) is 3.25. The zero-order valence-electron chi connectivity index (χ0n) is 10.3. The Kier molecular flexibility index (Phi) is 3.14. The second-order valence-corrected chi connectivity index (χ2v) is 6.34. The highest BCUT2D eigenvalue weighted by Gasteiger charge is 2.15. The third kappa shape index (κ3) is 2.56. The van der Waals surface area contributed by atoms with E-state index in [2.05, 4.69) is 27.2 Å². The minimum atomic E-state index is -3.43. The Morgan fingerprint density at radius 1 is 1.16 bits per heavy atom. The highest BCUT2D eigenvalue weighted by atomic mass is 32.2. The molecule has 0 aliphatic carbocycles. The molecule has 0 spiro atoms. The summed E-state index contributed by atoms with van der Waals surface area (Å²) in [7, 11) is -3.43. The van der Waals surface area contributed by atoms with Gasteiger partial charge in [-0.15, -0.1) is 0 Å². The molecule has 0 atom stereocenters. The van der Waals surface area contributed by atoms with Crippen LogP contribution >= 0.6 is 0 Å². The lowest BCUT2D eigenvalue weighted by Gasteiger charge is -2.07. The fourth-order valence-electron chi connectivity index (χ4n) is 2.20. The highest BCUT2D eigenvalue weighted by Crippen LogP contribution is 2.17. The van der Waals surface area contributed by atoms with Gasteiger partial charge in [-0.05, 0) is 22.8 Å². The van der Waals surface area contributed by atoms with Crippen LogP contribution < -0.4 is 10.0 Å². The topological polar surface area (TPSA) is 74.0 Å². The molecular formula is C13H15N3O2S. The Morgan fingerprint density at radius 3 is 2.79 bits per heavy atom. The van der Waals surface area contributed by atoms with Crippen molar-refractivity contribution in [3.63, 3.8) is 0 Å². The van der Waals surface area contributed by atoms with E-state index in [-0.39, 0.29) is 4.90 Å². The molecule has 0 bridgehead atoms. The quantitative estimate of drug-likeness (QED) is 0.783. The summed E-state index contributed by atoms with van der Waals surface area (Å²) in [6.07, 6.45) is 3.06. The smallest absolute Gasteiger partial charge is 0.242 e. The molecule has 0 unspecified atom stereocenters. The van der Waals surface area contributed by atoms with Crippen LogP contribution in [0.25, 0.3) is 0 Å². The number of aromatic nitrogens is 1. The Hall–Kier alpha value is -1.63. The first-order valence-electron chi connectivity index (χ1n) is 6.09. The number of sulfonamides is 1. The van der Waals surface area contributed by atoms with Crippen LogP contribution in [0.15, 0.2) is 41.6 Å². The van der Waals surface area contributed by atoms with Gasteiger partial charge in [-0.2, -0.15) is 0 Å². The minimum absolute atomic E-state index is 0.260. The van der Waals surface area contributed by atoms with Crippen molar-refractivity contribution >= 4 is 10.0 Å². The maximum Gasteiger partial charge on any atom is 0.242 e. The number of hydrogen-bond donors (Lipinski definition) is 3. The molecule has 1 aromatic heterocycles. The van der Waals surface area contributed by atoms with E-state index in [9.17, 15) is 8.42 Å². The summed E-state index contributed by atoms with van der Waals surface area (Å²) in [6, 6.07) is 7.60. The van der Waals surface area contributed by atoms with Gasteiger partial charge in [0.05, 0.1) is 4.90 Å². The van der Waals surface area contributed by atoms with Crippen LogP contribution in [0.1, 0.15) is 16.7 Å². The van der Waals surface area contributed by atoms with E-state index < -0.39 is 10.0 Å². The van der Waals surface area contributed by atoms with Crippen LogP contribution in [-0.2, 0) is 29.7 Å². The number of H-pyrrole nitrogens is 1. The molecule has 0 radical (unpaired) electrons. The monoisotopic (exact) mass is 277 g/mol. The predicted molar refractivity (Wildman–Crippen MR) is 71.8 cm³/mol. The maximum absolute atomic E-state index is 12.0. The van der Waals surface area contributed by atoms with Crippen LogP contribution in [-0.4, -0.2) is 13.4 Å². The summed E-state index contributed by atoms with van der Waals surface area (Å²) in [5, 5.41) is 3.27. The molecule has 100 valence electrons. The highest BCUT2D eigenvalue weighted by molar-refractivity contribution is 7.89. The Morgan fingerprint density at radius 2 is 2.00 bits per heavy atom. The number of hydrogen-bond acceptors (Lipinski definition) is 3. The summed E-state index contributed by atoms with van der Waals surface area (Å²) < 4.78 is 26.5. The van der Waals surface area contributed by atoms with Gasteiger partial charge in [-0.25, -0.2) is 13.1 Å². The fourth-order valence-corrected chi connectivity index (χ4v) is 3.19. The molecule has 1 aliphatic heterocycles. The van der Waals surface area contributed by atoms with E-state index in [1.165, 1.54) is 23.4 Å². The molecule has 3 rings (SSSR count). The normalized spacial score (nSPS) is 14.5. The number of rotatable bonds is 4. The Balaban J connectivity index is 1.73. The van der Waals surface area contributed by atoms with E-state index in [1.54, 1.807) is 6.20 Å². The molecule has 19 heavy (non-hydrogen) atoms. The lowest BCUT2D eigenvalue weighted by Crippen LogP contribution is -2.22. The van der Waals surface area contributed by atoms with Crippen LogP contribution in [0.4, 0.5) is 0 Å². The molecule has 5 nitrogen and oxygen atoms in total. The van der Waals surface area contributed by atoms with Crippen molar-refractivity contribution in [2.24, 2.45) is 0 Å². The minimum Gasteiger partial charge on any atom is -0.366 e. The third-order valence-corrected chi connectivity index (χ3v) is 4.65. The molecule has 1 aromatic carbocycles. The summed E-state index contributed by atoms with van der Waals surface area (Å²) in [4.78, 5) is 3.00. The Labute approximate surface area is 112 Å². The summed E-state index contributed by atoms with van der Waals surface area (Å²) in [5.41, 5.74) is 3.51. The molecule has 0 amide bonds. The van der Waals surface area contributed by atoms with Crippen molar-refractivity contribution in [3.8, 4) is 0 Å². The van der Waals surface area contributed by atoms with Gasteiger partial charge in [0.25, 0.3) is 0 Å². The Bertz CT molecular complexity index is 678. The fraction of sp³-hybridized carbons (Fsp3) is 0.231. The standard InChI is InChI=1S/C13H15N3O2S/c17-19(18,13-3-4-14-9-13)16-6-10-1-2-11-7-15-8-12(11)5-10/h1-5,9,14-16H,6-8H2. The van der Waals surface area contributed by atoms with Gasteiger partial charge in [0.15, 0.2) is 0 Å². The average molecular weight is 277 g/mol. The molecule has 3 N–H and O–H groups in total. The van der Waals surface area contributed by atoms with Crippen LogP contribution in [0.5, 0.6) is 0 Å². The first-order valence-corrected chi connectivity index (χ1v) is 7.57. The van der Waals surface area contributed by atoms with Crippen molar-refractivity contribution in [2.75, 3.05) is 0 Å². The zero-order chi connectivity index (χ0) is 13.3. The van der Waals surface area contributed by atoms with Crippen molar-refractivity contribution in [1.29, 1.82) is 0 Å². The first kappa shape index (κ1) is 12.4. The molecule has 0 fully saturated rings. The summed E-state index contributed by atoms with van der Waals surface area (Å²) >= 11 is 0. The van der Waals surface area contributed by atoms with Crippen molar-refractivity contribution in [2.45, 2.75) is 24.5 Å². The van der Waals surface area contributed by atoms with Gasteiger partial charge in [0, 0.05) is 32.0 Å². The van der Waals surface area contributed by atoms with Gasteiger partial charge in [-0.1, -0.05) is 18.2 Å². The van der Waals surface area contributed by atoms with E-state index in [0.29, 0.717) is 6.54 Å². The number of benzene rings is 1. The van der Waals surface area contributed by atoms with E-state index in [4.69, 9.17) is 0 Å². The average Bonchev–Trinajstić information content (AvgIpc) is 3.07. The van der Waals surface area contributed by atoms with Gasteiger partial charge in [0.1, 0.15) is 0 Å². The molecule has 2 heterocycles. The number of nitrogens with one attached hydrogen (secondary N) is 3. The number of fused-ring (bicyclic) bond motifs is 1. The predicted octanol–water partition coefficient (Wildman–Crippen LogP) is 1.10. The molecular weight excluding hydrogens is 262 g/mol. The van der Waals surface area contributed by atoms with Crippen LogP contribution in [0.3, 0.4) is 0 Å². The maximum atomic E-state index is 12.0. The molecule has 0 saturated heterocycles. The second-order valence-electron chi connectivity index (χ2n) is 4.58. The van der Waals surface area contributed by atoms with Gasteiger partial charge in [0.2, 0.25) is 10.0 Å². The van der Waals surface area contributed by atoms with Crippen LogP contribution in [0.2, 0.25) is 0 Å². The van der Waals surface area contributed by atoms with Gasteiger partial charge in [-0.3, -0.25) is 0 Å². The summed E-state index contributed by atoms with van der Waals surface area (Å²) in [6.45, 7) is 2.05. The zero-order valence-corrected chi connectivity index (χ0v) is 11.1. The van der Waals surface area contributed by atoms with E-state index >= 15 is 0 Å². The van der Waals surface area contributed by atoms with Crippen molar-refractivity contribution in [1.82, 2.24) is 15.0 Å². The van der Waals surface area contributed by atoms with Gasteiger partial charge < -0.3 is 10.3 Å². The molecule has 0 saturated carbocycles. The lowest BCUT2D eigenvalue weighted by atomic mass is 10.1. The number of aromatic amines is 1. The lowest BCUT2D eigenvalue weighted by molar-refractivity contribution is 0.581. The van der Waals surface area contributed by atoms with Crippen molar-refractivity contribution < 1.29 is 8.42 Å². The van der Waals surface area contributed by atoms with E-state index in [0.717, 1.165) is 18.7 Å². The van der Waals surface area contributed by atoms with E-state index in [1.807, 2.05) is 6.07 Å². The largest absolute Gasteiger partial charge is 0.366 e. The SMILES string of the molecule is O=S(=O)(NCc1ccc2c(c1)CNC2)c1cc[nH]c1. The molecule has 6 heteroatoms.